The molecule has 0 amide bonds. The number of rotatable bonds is 11. The lowest BCUT2D eigenvalue weighted by Crippen LogP contribution is -2.29. The van der Waals surface area contributed by atoms with E-state index in [1.54, 1.807) is 21.3 Å². The van der Waals surface area contributed by atoms with Crippen LogP contribution in [0.2, 0.25) is 25.7 Å². The molecule has 0 saturated carbocycles. The lowest BCUT2D eigenvalue weighted by molar-refractivity contribution is 0.0899. The molecule has 0 aliphatic heterocycles. The predicted molar refractivity (Wildman–Crippen MR) is 194 cm³/mol. The number of hydrogen-bond donors (Lipinski definition) is 3. The molecule has 0 aliphatic rings. The highest BCUT2D eigenvalue weighted by atomic mass is 28.3. The number of phenolic OH excluding ortho intramolecular Hbond substituents is 1. The van der Waals surface area contributed by atoms with Gasteiger partial charge in [-0.15, -0.1) is 5.10 Å². The Kier molecular flexibility index (Phi) is 8.45. The molecule has 4 N–H and O–H groups in total. The van der Waals surface area contributed by atoms with Crippen molar-refractivity contribution in [2.45, 2.75) is 52.3 Å². The minimum Gasteiger partial charge on any atom is -0.508 e. The van der Waals surface area contributed by atoms with Crippen molar-refractivity contribution >= 4 is 36.5 Å². The van der Waals surface area contributed by atoms with Crippen molar-refractivity contribution in [1.29, 1.82) is 0 Å². The summed E-state index contributed by atoms with van der Waals surface area (Å²) in [5, 5.41) is 27.7. The van der Waals surface area contributed by atoms with Gasteiger partial charge < -0.3 is 29.9 Å². The second-order valence-electron chi connectivity index (χ2n) is 13.5. The summed E-state index contributed by atoms with van der Waals surface area (Å²) >= 11 is 0. The molecule has 7 aromatic rings. The number of nitrogens with two attached hydrogens (primary N) is 1. The zero-order chi connectivity index (χ0) is 35.2. The number of nitrogen functional groups attached to an aromatic ring is 1. The average molecular weight is 691 g/mol. The molecule has 0 spiro atoms. The van der Waals surface area contributed by atoms with Gasteiger partial charge in [0.15, 0.2) is 5.82 Å². The van der Waals surface area contributed by atoms with E-state index in [-0.39, 0.29) is 29.9 Å². The zero-order valence-electron chi connectivity index (χ0n) is 28.5. The summed E-state index contributed by atoms with van der Waals surface area (Å²) in [6, 6.07) is 16.8. The van der Waals surface area contributed by atoms with Gasteiger partial charge in [-0.2, -0.15) is 5.10 Å². The highest BCUT2D eigenvalue weighted by Gasteiger charge is 2.24. The first kappa shape index (κ1) is 32.7. The molecule has 5 aromatic heterocycles. The molecule has 0 unspecified atom stereocenters. The first-order chi connectivity index (χ1) is 24.0. The quantitative estimate of drug-likeness (QED) is 0.107. The van der Waals surface area contributed by atoms with Crippen LogP contribution >= 0.6 is 0 Å². The molecule has 7 rings (SSSR count). The maximum absolute atomic E-state index is 14.0. The number of aryl methyl sites for hydroxylation is 1. The van der Waals surface area contributed by atoms with Crippen LogP contribution in [-0.4, -0.2) is 58.7 Å². The van der Waals surface area contributed by atoms with Crippen molar-refractivity contribution in [3.8, 4) is 34.0 Å². The Hall–Kier alpha value is -5.80. The number of phenols is 1. The minimum absolute atomic E-state index is 0.00678. The summed E-state index contributed by atoms with van der Waals surface area (Å²) in [6.45, 7) is 11.6. The average Bonchev–Trinajstić information content (AvgIpc) is 3.80. The Bertz CT molecular complexity index is 2390. The van der Waals surface area contributed by atoms with E-state index in [0.717, 1.165) is 17.2 Å². The van der Waals surface area contributed by atoms with Gasteiger partial charge in [-0.1, -0.05) is 42.9 Å². The zero-order valence-corrected chi connectivity index (χ0v) is 29.5. The molecule has 1 atom stereocenters. The van der Waals surface area contributed by atoms with E-state index in [1.165, 1.54) is 12.4 Å². The van der Waals surface area contributed by atoms with Crippen molar-refractivity contribution < 1.29 is 14.3 Å². The summed E-state index contributed by atoms with van der Waals surface area (Å²) in [4.78, 5) is 23.4. The van der Waals surface area contributed by atoms with Crippen molar-refractivity contribution in [2.75, 3.05) is 17.7 Å². The first-order valence-corrected chi connectivity index (χ1v) is 20.0. The number of aromatic nitrogens is 8. The molecular weight excluding hydrogens is 653 g/mol. The van der Waals surface area contributed by atoms with Crippen LogP contribution in [0.1, 0.15) is 24.4 Å². The number of nitrogens with zero attached hydrogens (tertiary/aromatic N) is 8. The fraction of sp³-hybridized carbons (Fsp3) is 0.257. The van der Waals surface area contributed by atoms with Gasteiger partial charge in [-0.3, -0.25) is 9.36 Å². The van der Waals surface area contributed by atoms with Gasteiger partial charge in [-0.05, 0) is 67.4 Å². The number of ether oxygens (including phenoxy) is 1. The molecule has 15 heteroatoms. The molecule has 0 aliphatic carbocycles. The van der Waals surface area contributed by atoms with E-state index < -0.39 is 14.1 Å². The van der Waals surface area contributed by atoms with E-state index in [9.17, 15) is 9.90 Å². The number of hydrogen-bond acceptors (Lipinski definition) is 11. The predicted octanol–water partition coefficient (Wildman–Crippen LogP) is 6.03. The van der Waals surface area contributed by atoms with Crippen LogP contribution in [-0.2, 0) is 11.5 Å². The number of para-hydroxylation sites is 1. The molecule has 5 heterocycles. The maximum atomic E-state index is 14.0. The van der Waals surface area contributed by atoms with Gasteiger partial charge in [0.1, 0.15) is 35.8 Å². The van der Waals surface area contributed by atoms with Crippen LogP contribution in [0.5, 0.6) is 5.75 Å². The van der Waals surface area contributed by atoms with Crippen LogP contribution in [0, 0.1) is 6.92 Å². The van der Waals surface area contributed by atoms with Crippen molar-refractivity contribution in [3.05, 3.63) is 95.1 Å². The number of benzene rings is 2. The molecule has 2 aromatic carbocycles. The van der Waals surface area contributed by atoms with Gasteiger partial charge in [0.25, 0.3) is 5.56 Å². The van der Waals surface area contributed by atoms with Crippen molar-refractivity contribution in [1.82, 2.24) is 38.9 Å². The highest BCUT2D eigenvalue weighted by molar-refractivity contribution is 6.76. The molecule has 0 radical (unpaired) electrons. The third-order valence-corrected chi connectivity index (χ3v) is 10.2. The summed E-state index contributed by atoms with van der Waals surface area (Å²) in [5.41, 5.74) is 10.0. The van der Waals surface area contributed by atoms with Crippen LogP contribution in [0.3, 0.4) is 0 Å². The smallest absolute Gasteiger partial charge is 0.313 e. The minimum atomic E-state index is -1.31. The topological polar surface area (TPSA) is 176 Å². The Morgan fingerprint density at radius 2 is 1.84 bits per heavy atom. The van der Waals surface area contributed by atoms with E-state index >= 15 is 0 Å². The molecule has 0 saturated heterocycles. The van der Waals surface area contributed by atoms with Crippen molar-refractivity contribution in [2.24, 2.45) is 0 Å². The largest absolute Gasteiger partial charge is 0.508 e. The lowest BCUT2D eigenvalue weighted by atomic mass is 10.0. The molecule has 0 bridgehead atoms. The van der Waals surface area contributed by atoms with Crippen LogP contribution in [0.4, 0.5) is 11.8 Å². The number of fused-ring (bicyclic) bond motifs is 2. The molecule has 14 nitrogen and oxygen atoms in total. The van der Waals surface area contributed by atoms with E-state index in [1.807, 2.05) is 67.1 Å². The second kappa shape index (κ2) is 12.9. The number of nitrogens with one attached hydrogen (secondary N) is 1. The molecule has 50 heavy (non-hydrogen) atoms. The highest BCUT2D eigenvalue weighted by Crippen LogP contribution is 2.38. The Balaban J connectivity index is 1.35. The van der Waals surface area contributed by atoms with Gasteiger partial charge in [0.2, 0.25) is 5.89 Å². The van der Waals surface area contributed by atoms with E-state index in [4.69, 9.17) is 20.0 Å². The van der Waals surface area contributed by atoms with Gasteiger partial charge in [0.05, 0.1) is 17.1 Å². The number of anilines is 2. The van der Waals surface area contributed by atoms with E-state index in [2.05, 4.69) is 45.1 Å². The monoisotopic (exact) mass is 690 g/mol. The maximum Gasteiger partial charge on any atom is 0.313 e. The standard InChI is InChI=1S/C35H38N10O4Si/c1-21-11-12-44-29(21)34(47)45(25-9-7-6-8-10-25)31(42-44)22(2)39-30-28-27(23-15-24(17-26(46)16-23)33-40-41-35(36)49-33)18-43(32(28)38-19-37-30)20-48-13-14-50(3,4)5/h6-12,15-19,22,46H,13-14,20H2,1-5H3,(H2,36,41)(H,37,38,39)/t22-/m0/s1. The SMILES string of the molecule is Cc1ccn2nc([C@H](C)Nc3ncnc4c3c(-c3cc(O)cc(-c5nnc(N)o5)c3)cn4COCC[Si](C)(C)C)n(-c3ccccc3)c(=O)c12. The van der Waals surface area contributed by atoms with E-state index in [0.29, 0.717) is 51.6 Å². The summed E-state index contributed by atoms with van der Waals surface area (Å²) in [6.07, 6.45) is 5.21. The summed E-state index contributed by atoms with van der Waals surface area (Å²) in [5.74, 6) is 1.15. The Morgan fingerprint density at radius 1 is 1.06 bits per heavy atom. The van der Waals surface area contributed by atoms with Gasteiger partial charge >= 0.3 is 6.01 Å². The molecular formula is C35H38N10O4Si. The van der Waals surface area contributed by atoms with Gasteiger partial charge in [-0.25, -0.2) is 14.5 Å². The fourth-order valence-corrected chi connectivity index (χ4v) is 6.70. The van der Waals surface area contributed by atoms with Crippen LogP contribution in [0.15, 0.2) is 82.5 Å². The summed E-state index contributed by atoms with van der Waals surface area (Å²) < 4.78 is 16.8. The van der Waals surface area contributed by atoms with Crippen molar-refractivity contribution in [3.63, 3.8) is 0 Å². The van der Waals surface area contributed by atoms with Gasteiger partial charge in [0, 0.05) is 38.2 Å². The second-order valence-corrected chi connectivity index (χ2v) is 19.1. The normalized spacial score (nSPS) is 12.6. The fourth-order valence-electron chi connectivity index (χ4n) is 5.94. The lowest BCUT2D eigenvalue weighted by Gasteiger charge is -2.20. The third-order valence-electron chi connectivity index (χ3n) is 8.46. The summed E-state index contributed by atoms with van der Waals surface area (Å²) in [7, 11) is -1.31. The molecule has 0 fully saturated rings. The number of aromatic hydroxyl groups is 1. The first-order valence-electron chi connectivity index (χ1n) is 16.2. The third kappa shape index (κ3) is 6.35. The Morgan fingerprint density at radius 3 is 2.58 bits per heavy atom. The molecule has 256 valence electrons. The van der Waals surface area contributed by atoms with Crippen LogP contribution < -0.4 is 16.6 Å². The van der Waals surface area contributed by atoms with Crippen LogP contribution in [0.25, 0.3) is 44.8 Å². The Labute approximate surface area is 288 Å².